The van der Waals surface area contributed by atoms with Crippen molar-refractivity contribution in [2.24, 2.45) is 0 Å². The number of rotatable bonds is 5. The van der Waals surface area contributed by atoms with Gasteiger partial charge in [-0.25, -0.2) is 19.9 Å². The molecule has 9 rings (SSSR count). The van der Waals surface area contributed by atoms with E-state index in [4.69, 9.17) is 24.4 Å². The molecule has 5 nitrogen and oxygen atoms in total. The van der Waals surface area contributed by atoms with E-state index in [1.54, 1.807) is 0 Å². The molecule has 3 aromatic heterocycles. The second-order valence-electron chi connectivity index (χ2n) is 11.1. The molecule has 0 atom stereocenters. The first-order valence-corrected chi connectivity index (χ1v) is 15.9. The van der Waals surface area contributed by atoms with Gasteiger partial charge < -0.3 is 4.42 Å². The van der Waals surface area contributed by atoms with Crippen LogP contribution in [-0.4, -0.2) is 19.9 Å². The molecule has 6 heteroatoms. The van der Waals surface area contributed by atoms with Gasteiger partial charge >= 0.3 is 0 Å². The Hall–Kier alpha value is -5.98. The summed E-state index contributed by atoms with van der Waals surface area (Å²) in [5.74, 6) is 2.39. The first-order valence-electron chi connectivity index (χ1n) is 15.1. The summed E-state index contributed by atoms with van der Waals surface area (Å²) in [6.45, 7) is 0. The highest BCUT2D eigenvalue weighted by molar-refractivity contribution is 7.25. The molecule has 0 N–H and O–H groups in total. The van der Waals surface area contributed by atoms with Crippen LogP contribution in [0.1, 0.15) is 0 Å². The number of aromatic nitrogens is 4. The number of nitrogens with zero attached hydrogens (tertiary/aromatic N) is 4. The molecule has 6 aromatic carbocycles. The van der Waals surface area contributed by atoms with Crippen molar-refractivity contribution in [2.75, 3.05) is 0 Å². The Morgan fingerprint density at radius 2 is 0.957 bits per heavy atom. The van der Waals surface area contributed by atoms with Gasteiger partial charge in [-0.2, -0.15) is 0 Å². The maximum atomic E-state index is 6.06. The zero-order valence-corrected chi connectivity index (χ0v) is 25.3. The molecule has 0 spiro atoms. The van der Waals surface area contributed by atoms with E-state index in [0.29, 0.717) is 28.9 Å². The molecule has 0 fully saturated rings. The number of thiophene rings is 1. The van der Waals surface area contributed by atoms with Gasteiger partial charge in [-0.3, -0.25) is 0 Å². The second-order valence-corrected chi connectivity index (χ2v) is 12.2. The summed E-state index contributed by atoms with van der Waals surface area (Å²) in [7, 11) is 0. The molecule has 0 aliphatic rings. The van der Waals surface area contributed by atoms with Crippen LogP contribution in [0.25, 0.3) is 88.0 Å². The van der Waals surface area contributed by atoms with Gasteiger partial charge in [-0.05, 0) is 59.7 Å². The first kappa shape index (κ1) is 26.4. The number of oxazole rings is 1. The van der Waals surface area contributed by atoms with Crippen LogP contribution in [-0.2, 0) is 0 Å². The normalized spacial score (nSPS) is 11.5. The third kappa shape index (κ3) is 4.72. The predicted molar refractivity (Wildman–Crippen MR) is 187 cm³/mol. The summed E-state index contributed by atoms with van der Waals surface area (Å²) in [4.78, 5) is 19.6. The quantitative estimate of drug-likeness (QED) is 0.194. The monoisotopic (exact) mass is 608 g/mol. The molecule has 3 heterocycles. The molecule has 46 heavy (non-hydrogen) atoms. The minimum absolute atomic E-state index is 0.578. The van der Waals surface area contributed by atoms with Gasteiger partial charge in [-0.1, -0.05) is 97.1 Å². The lowest BCUT2D eigenvalue weighted by molar-refractivity contribution is 0.620. The van der Waals surface area contributed by atoms with Crippen LogP contribution in [0, 0.1) is 0 Å². The molecule has 0 saturated heterocycles. The van der Waals surface area contributed by atoms with Crippen LogP contribution < -0.4 is 0 Å². The molecule has 216 valence electrons. The summed E-state index contributed by atoms with van der Waals surface area (Å²) in [5, 5.41) is 2.59. The van der Waals surface area contributed by atoms with Gasteiger partial charge in [0.15, 0.2) is 23.1 Å². The van der Waals surface area contributed by atoms with E-state index in [2.05, 4.69) is 66.7 Å². The number of fused-ring (bicyclic) bond motifs is 4. The third-order valence-electron chi connectivity index (χ3n) is 8.19. The van der Waals surface area contributed by atoms with E-state index in [1.807, 2.05) is 90.2 Å². The van der Waals surface area contributed by atoms with E-state index in [0.717, 1.165) is 33.3 Å². The lowest BCUT2D eigenvalue weighted by atomic mass is 10.0. The SMILES string of the molecule is c1ccc(-c2nc(-c3ccc(-c4ccc5sc6ccccc6c5c4)cc3)nc(-c3ccc4oc(-c5ccccc5)nc4c3)n2)cc1. The van der Waals surface area contributed by atoms with Gasteiger partial charge in [0.2, 0.25) is 5.89 Å². The Morgan fingerprint density at radius 1 is 0.391 bits per heavy atom. The summed E-state index contributed by atoms with van der Waals surface area (Å²) in [6, 6.07) is 49.6. The average molecular weight is 609 g/mol. The highest BCUT2D eigenvalue weighted by atomic mass is 32.1. The maximum Gasteiger partial charge on any atom is 0.227 e. The van der Waals surface area contributed by atoms with Crippen LogP contribution in [0.3, 0.4) is 0 Å². The molecule has 0 unspecified atom stereocenters. The molecule has 0 bridgehead atoms. The minimum atomic E-state index is 0.578. The van der Waals surface area contributed by atoms with Crippen molar-refractivity contribution in [3.8, 4) is 56.7 Å². The van der Waals surface area contributed by atoms with E-state index >= 15 is 0 Å². The van der Waals surface area contributed by atoms with E-state index in [-0.39, 0.29) is 0 Å². The fraction of sp³-hybridized carbons (Fsp3) is 0. The van der Waals surface area contributed by atoms with Crippen molar-refractivity contribution in [3.63, 3.8) is 0 Å². The Morgan fingerprint density at radius 3 is 1.72 bits per heavy atom. The van der Waals surface area contributed by atoms with Crippen LogP contribution >= 0.6 is 11.3 Å². The smallest absolute Gasteiger partial charge is 0.227 e. The third-order valence-corrected chi connectivity index (χ3v) is 9.34. The highest BCUT2D eigenvalue weighted by Gasteiger charge is 2.15. The Balaban J connectivity index is 1.11. The summed E-state index contributed by atoms with van der Waals surface area (Å²) in [6.07, 6.45) is 0. The first-order chi connectivity index (χ1) is 22.7. The zero-order chi connectivity index (χ0) is 30.5. The molecule has 0 aliphatic heterocycles. The molecular weight excluding hydrogens is 585 g/mol. The Bertz CT molecular complexity index is 2520. The lowest BCUT2D eigenvalue weighted by Crippen LogP contribution is -2.00. The van der Waals surface area contributed by atoms with Gasteiger partial charge in [0.05, 0.1) is 0 Å². The molecule has 0 amide bonds. The Kier molecular flexibility index (Phi) is 6.25. The summed E-state index contributed by atoms with van der Waals surface area (Å²) >= 11 is 1.83. The van der Waals surface area contributed by atoms with Crippen molar-refractivity contribution in [2.45, 2.75) is 0 Å². The lowest BCUT2D eigenvalue weighted by Gasteiger charge is -2.09. The summed E-state index contributed by atoms with van der Waals surface area (Å²) < 4.78 is 8.66. The predicted octanol–water partition coefficient (Wildman–Crippen LogP) is 10.7. The van der Waals surface area contributed by atoms with Gasteiger partial charge in [0.1, 0.15) is 5.52 Å². The molecule has 0 radical (unpaired) electrons. The standard InChI is InChI=1S/C40H24N4OS/c1-3-9-26(10-4-1)37-42-38(44-39(43-37)30-19-21-34-33(24-30)41-40(45-34)28-11-5-2-6-12-28)27-17-15-25(16-18-27)29-20-22-36-32(23-29)31-13-7-8-14-35(31)46-36/h1-24H. The van der Waals surface area contributed by atoms with Gasteiger partial charge in [0, 0.05) is 42.4 Å². The Labute approximate surface area is 268 Å². The fourth-order valence-electron chi connectivity index (χ4n) is 5.84. The zero-order valence-electron chi connectivity index (χ0n) is 24.5. The van der Waals surface area contributed by atoms with E-state index in [1.165, 1.54) is 25.7 Å². The average Bonchev–Trinajstić information content (AvgIpc) is 3.73. The topological polar surface area (TPSA) is 64.7 Å². The van der Waals surface area contributed by atoms with Crippen molar-refractivity contribution in [3.05, 3.63) is 146 Å². The van der Waals surface area contributed by atoms with Crippen LogP contribution in [0.15, 0.2) is 150 Å². The minimum Gasteiger partial charge on any atom is -0.436 e. The van der Waals surface area contributed by atoms with Crippen LogP contribution in [0.2, 0.25) is 0 Å². The van der Waals surface area contributed by atoms with Crippen molar-refractivity contribution in [1.29, 1.82) is 0 Å². The second kappa shape index (κ2) is 10.9. The van der Waals surface area contributed by atoms with Gasteiger partial charge in [0.25, 0.3) is 0 Å². The maximum absolute atomic E-state index is 6.06. The highest BCUT2D eigenvalue weighted by Crippen LogP contribution is 2.37. The molecule has 0 saturated carbocycles. The molecular formula is C40H24N4OS. The largest absolute Gasteiger partial charge is 0.436 e. The van der Waals surface area contributed by atoms with Gasteiger partial charge in [-0.15, -0.1) is 11.3 Å². The number of hydrogen-bond acceptors (Lipinski definition) is 6. The van der Waals surface area contributed by atoms with Crippen molar-refractivity contribution in [1.82, 2.24) is 19.9 Å². The van der Waals surface area contributed by atoms with E-state index < -0.39 is 0 Å². The van der Waals surface area contributed by atoms with E-state index in [9.17, 15) is 0 Å². The number of hydrogen-bond donors (Lipinski definition) is 0. The summed E-state index contributed by atoms with van der Waals surface area (Å²) in [5.41, 5.74) is 7.40. The number of benzene rings is 6. The van der Waals surface area contributed by atoms with Crippen molar-refractivity contribution >= 4 is 42.6 Å². The van der Waals surface area contributed by atoms with Crippen molar-refractivity contribution < 1.29 is 4.42 Å². The molecule has 0 aliphatic carbocycles. The molecule has 9 aromatic rings. The fourth-order valence-corrected chi connectivity index (χ4v) is 6.92. The van der Waals surface area contributed by atoms with Crippen LogP contribution in [0.5, 0.6) is 0 Å². The van der Waals surface area contributed by atoms with Crippen LogP contribution in [0.4, 0.5) is 0 Å².